The Morgan fingerprint density at radius 2 is 2.12 bits per heavy atom. The van der Waals surface area contributed by atoms with Crippen molar-refractivity contribution < 1.29 is 4.79 Å². The number of rotatable bonds is 7. The van der Waals surface area contributed by atoms with E-state index in [9.17, 15) is 4.79 Å². The normalized spacial score (nSPS) is 32.0. The van der Waals surface area contributed by atoms with Crippen molar-refractivity contribution in [3.05, 3.63) is 12.2 Å². The minimum atomic E-state index is 0.376. The van der Waals surface area contributed by atoms with Crippen molar-refractivity contribution in [3.63, 3.8) is 0 Å². The van der Waals surface area contributed by atoms with Crippen molar-refractivity contribution in [3.8, 4) is 0 Å². The number of hydrogen-bond acceptors (Lipinski definition) is 1. The lowest BCUT2D eigenvalue weighted by molar-refractivity contribution is -0.124. The number of unbranched alkanes of at least 4 members (excludes halogenated alkanes) is 1. The summed E-state index contributed by atoms with van der Waals surface area (Å²) in [5.41, 5.74) is 0. The maximum Gasteiger partial charge on any atom is 0.136 e. The number of hydrogen-bond donors (Lipinski definition) is 0. The molecule has 1 nitrogen and oxygen atoms in total. The van der Waals surface area contributed by atoms with E-state index >= 15 is 0 Å². The largest absolute Gasteiger partial charge is 0.299 e. The molecule has 4 atom stereocenters. The highest BCUT2D eigenvalue weighted by Crippen LogP contribution is 2.44. The molecule has 0 aromatic carbocycles. The molecule has 96 valence electrons. The fourth-order valence-corrected chi connectivity index (χ4v) is 3.53. The Morgan fingerprint density at radius 1 is 1.29 bits per heavy atom. The van der Waals surface area contributed by atoms with Crippen LogP contribution in [0, 0.1) is 23.7 Å². The van der Waals surface area contributed by atoms with Crippen LogP contribution in [-0.4, -0.2) is 5.78 Å². The Kier molecular flexibility index (Phi) is 4.42. The summed E-state index contributed by atoms with van der Waals surface area (Å²) in [5, 5.41) is 0. The molecular formula is C16H26O. The van der Waals surface area contributed by atoms with Gasteiger partial charge in [0.05, 0.1) is 0 Å². The van der Waals surface area contributed by atoms with Crippen LogP contribution in [0.5, 0.6) is 0 Å². The molecule has 17 heavy (non-hydrogen) atoms. The molecule has 0 aromatic rings. The lowest BCUT2D eigenvalue weighted by atomic mass is 9.83. The molecule has 1 heteroatoms. The first kappa shape index (κ1) is 12.9. The molecule has 0 radical (unpaired) electrons. The zero-order chi connectivity index (χ0) is 12.3. The lowest BCUT2D eigenvalue weighted by Crippen LogP contribution is -2.21. The molecular weight excluding hydrogens is 208 g/mol. The van der Waals surface area contributed by atoms with Crippen LogP contribution < -0.4 is 0 Å². The number of carbonyl (C=O) groups is 1. The summed E-state index contributed by atoms with van der Waals surface area (Å²) in [4.78, 5) is 12.3. The Bertz CT molecular complexity index is 292. The fraction of sp³-hybridized carbons (Fsp3) is 0.812. The minimum Gasteiger partial charge on any atom is -0.299 e. The van der Waals surface area contributed by atoms with Crippen LogP contribution >= 0.6 is 0 Å². The van der Waals surface area contributed by atoms with Gasteiger partial charge in [-0.3, -0.25) is 4.79 Å². The molecule has 0 amide bonds. The summed E-state index contributed by atoms with van der Waals surface area (Å²) in [6, 6.07) is 0. The van der Waals surface area contributed by atoms with Crippen LogP contribution in [0.4, 0.5) is 0 Å². The van der Waals surface area contributed by atoms with Crippen LogP contribution in [0.3, 0.4) is 0 Å². The van der Waals surface area contributed by atoms with Gasteiger partial charge in [0.15, 0.2) is 0 Å². The van der Waals surface area contributed by atoms with E-state index in [-0.39, 0.29) is 0 Å². The van der Waals surface area contributed by atoms with E-state index in [1.165, 1.54) is 32.1 Å². The molecule has 0 aromatic heterocycles. The molecule has 0 N–H and O–H groups in total. The van der Waals surface area contributed by atoms with E-state index in [4.69, 9.17) is 0 Å². The molecule has 0 spiro atoms. The van der Waals surface area contributed by atoms with Crippen molar-refractivity contribution in [2.24, 2.45) is 23.7 Å². The van der Waals surface area contributed by atoms with Gasteiger partial charge in [-0.05, 0) is 30.6 Å². The molecule has 0 heterocycles. The first-order chi connectivity index (χ1) is 8.24. The highest BCUT2D eigenvalue weighted by Gasteiger charge is 2.39. The number of Topliss-reactive ketones (excluding diaryl/α,β-unsaturated/α-hetero) is 1. The second-order valence-electron chi connectivity index (χ2n) is 5.97. The monoisotopic (exact) mass is 234 g/mol. The Balaban J connectivity index is 1.81. The fourth-order valence-electron chi connectivity index (χ4n) is 3.53. The molecule has 2 aliphatic carbocycles. The smallest absolute Gasteiger partial charge is 0.136 e. The van der Waals surface area contributed by atoms with E-state index in [2.05, 4.69) is 26.0 Å². The number of carbonyl (C=O) groups excluding carboxylic acids is 1. The van der Waals surface area contributed by atoms with Gasteiger partial charge in [-0.2, -0.15) is 0 Å². The van der Waals surface area contributed by atoms with Crippen molar-refractivity contribution in [2.45, 2.75) is 58.8 Å². The van der Waals surface area contributed by atoms with Crippen LogP contribution in [0.2, 0.25) is 0 Å². The molecule has 0 aliphatic heterocycles. The topological polar surface area (TPSA) is 17.1 Å². The summed E-state index contributed by atoms with van der Waals surface area (Å²) in [7, 11) is 0. The summed E-state index contributed by atoms with van der Waals surface area (Å²) in [6.07, 6.45) is 12.8. The number of allylic oxidation sites excluding steroid dienone is 2. The zero-order valence-corrected chi connectivity index (χ0v) is 11.3. The van der Waals surface area contributed by atoms with Gasteiger partial charge in [-0.15, -0.1) is 0 Å². The van der Waals surface area contributed by atoms with Gasteiger partial charge < -0.3 is 0 Å². The maximum absolute atomic E-state index is 12.3. The van der Waals surface area contributed by atoms with Crippen LogP contribution in [0.25, 0.3) is 0 Å². The van der Waals surface area contributed by atoms with Crippen LogP contribution in [0.1, 0.15) is 58.8 Å². The minimum absolute atomic E-state index is 0.376. The third-order valence-electron chi connectivity index (χ3n) is 4.73. The molecule has 2 aliphatic rings. The molecule has 2 rings (SSSR count). The second-order valence-corrected chi connectivity index (χ2v) is 5.97. The SMILES string of the molecule is CCCCC(CC)CC(=O)C1CC2C=CC1C2. The van der Waals surface area contributed by atoms with Gasteiger partial charge in [0.2, 0.25) is 0 Å². The van der Waals surface area contributed by atoms with Gasteiger partial charge in [0.1, 0.15) is 5.78 Å². The van der Waals surface area contributed by atoms with Crippen molar-refractivity contribution in [1.82, 2.24) is 0 Å². The van der Waals surface area contributed by atoms with Gasteiger partial charge in [0, 0.05) is 12.3 Å². The second kappa shape index (κ2) is 5.84. The zero-order valence-electron chi connectivity index (χ0n) is 11.3. The molecule has 1 fully saturated rings. The van der Waals surface area contributed by atoms with Gasteiger partial charge >= 0.3 is 0 Å². The highest BCUT2D eigenvalue weighted by molar-refractivity contribution is 5.82. The average Bonchev–Trinajstić information content (AvgIpc) is 2.96. The molecule has 2 bridgehead atoms. The average molecular weight is 234 g/mol. The highest BCUT2D eigenvalue weighted by atomic mass is 16.1. The van der Waals surface area contributed by atoms with E-state index in [1.54, 1.807) is 0 Å². The number of fused-ring (bicyclic) bond motifs is 2. The van der Waals surface area contributed by atoms with E-state index in [0.29, 0.717) is 23.5 Å². The molecule has 0 saturated heterocycles. The summed E-state index contributed by atoms with van der Waals surface area (Å²) in [6.45, 7) is 4.46. The lowest BCUT2D eigenvalue weighted by Gasteiger charge is -2.20. The Hall–Kier alpha value is -0.590. The Labute approximate surface area is 106 Å². The van der Waals surface area contributed by atoms with Gasteiger partial charge in [-0.25, -0.2) is 0 Å². The number of ketones is 1. The molecule has 1 saturated carbocycles. The standard InChI is InChI=1S/C16H26O/c1-3-5-6-12(4-2)11-16(17)15-10-13-7-8-14(15)9-13/h7-8,12-15H,3-6,9-11H2,1-2H3. The van der Waals surface area contributed by atoms with Crippen molar-refractivity contribution in [2.75, 3.05) is 0 Å². The van der Waals surface area contributed by atoms with E-state index in [1.807, 2.05) is 0 Å². The first-order valence-corrected chi connectivity index (χ1v) is 7.45. The Morgan fingerprint density at radius 3 is 2.65 bits per heavy atom. The predicted molar refractivity (Wildman–Crippen MR) is 71.8 cm³/mol. The van der Waals surface area contributed by atoms with E-state index < -0.39 is 0 Å². The predicted octanol–water partition coefficient (Wildman–Crippen LogP) is 4.37. The van der Waals surface area contributed by atoms with Crippen LogP contribution in [0.15, 0.2) is 12.2 Å². The van der Waals surface area contributed by atoms with Gasteiger partial charge in [0.25, 0.3) is 0 Å². The first-order valence-electron chi connectivity index (χ1n) is 7.45. The summed E-state index contributed by atoms with van der Waals surface area (Å²) in [5.74, 6) is 2.90. The quantitative estimate of drug-likeness (QED) is 0.598. The summed E-state index contributed by atoms with van der Waals surface area (Å²) < 4.78 is 0. The van der Waals surface area contributed by atoms with Gasteiger partial charge in [-0.1, -0.05) is 51.7 Å². The maximum atomic E-state index is 12.3. The third-order valence-corrected chi connectivity index (χ3v) is 4.73. The van der Waals surface area contributed by atoms with E-state index in [0.717, 1.165) is 18.8 Å². The third kappa shape index (κ3) is 3.00. The van der Waals surface area contributed by atoms with Crippen molar-refractivity contribution >= 4 is 5.78 Å². The summed E-state index contributed by atoms with van der Waals surface area (Å²) >= 11 is 0. The van der Waals surface area contributed by atoms with Crippen molar-refractivity contribution in [1.29, 1.82) is 0 Å². The van der Waals surface area contributed by atoms with Crippen LogP contribution in [-0.2, 0) is 4.79 Å². The molecule has 4 unspecified atom stereocenters.